The molecule has 1 aliphatic rings. The minimum atomic E-state index is -0.421. The quantitative estimate of drug-likeness (QED) is 0.573. The SMILES string of the molecule is Nc1ccc(N2C(=O)CNC2=O)c2cccnc12. The number of nitrogen functional groups attached to an aromatic ring is 1. The number of carbonyl (C=O) groups excluding carboxylic acids is 2. The molecule has 1 aliphatic heterocycles. The number of carbonyl (C=O) groups is 2. The first-order valence-electron chi connectivity index (χ1n) is 5.42. The van der Waals surface area contributed by atoms with Crippen molar-refractivity contribution in [3.63, 3.8) is 0 Å². The summed E-state index contributed by atoms with van der Waals surface area (Å²) in [4.78, 5) is 28.6. The summed E-state index contributed by atoms with van der Waals surface area (Å²) in [7, 11) is 0. The third kappa shape index (κ3) is 1.39. The van der Waals surface area contributed by atoms with Crippen LogP contribution in [0.3, 0.4) is 0 Å². The van der Waals surface area contributed by atoms with Gasteiger partial charge in [-0.15, -0.1) is 0 Å². The van der Waals surface area contributed by atoms with Gasteiger partial charge in [0.25, 0.3) is 5.91 Å². The molecule has 6 heteroatoms. The van der Waals surface area contributed by atoms with Crippen LogP contribution in [0.25, 0.3) is 10.9 Å². The number of pyridine rings is 1. The normalized spacial score (nSPS) is 15.2. The van der Waals surface area contributed by atoms with Crippen molar-refractivity contribution < 1.29 is 9.59 Å². The highest BCUT2D eigenvalue weighted by atomic mass is 16.2. The van der Waals surface area contributed by atoms with Gasteiger partial charge < -0.3 is 11.1 Å². The topological polar surface area (TPSA) is 88.3 Å². The summed E-state index contributed by atoms with van der Waals surface area (Å²) < 4.78 is 0. The Morgan fingerprint density at radius 2 is 2.11 bits per heavy atom. The molecule has 1 aromatic heterocycles. The number of aromatic nitrogens is 1. The van der Waals surface area contributed by atoms with Crippen molar-refractivity contribution in [1.82, 2.24) is 10.3 Å². The lowest BCUT2D eigenvalue weighted by Gasteiger charge is -2.15. The van der Waals surface area contributed by atoms with E-state index in [2.05, 4.69) is 10.3 Å². The van der Waals surface area contributed by atoms with Crippen molar-refractivity contribution in [2.24, 2.45) is 0 Å². The largest absolute Gasteiger partial charge is 0.397 e. The number of nitrogens with zero attached hydrogens (tertiary/aromatic N) is 2. The monoisotopic (exact) mass is 242 g/mol. The number of urea groups is 1. The molecule has 3 N–H and O–H groups in total. The fraction of sp³-hybridized carbons (Fsp3) is 0.0833. The molecule has 6 nitrogen and oxygen atoms in total. The molecular formula is C12H10N4O2. The highest BCUT2D eigenvalue weighted by Gasteiger charge is 2.31. The molecule has 0 bridgehead atoms. The summed E-state index contributed by atoms with van der Waals surface area (Å²) >= 11 is 0. The zero-order valence-corrected chi connectivity index (χ0v) is 9.38. The van der Waals surface area contributed by atoms with Crippen molar-refractivity contribution in [1.29, 1.82) is 0 Å². The van der Waals surface area contributed by atoms with Gasteiger partial charge in [0.1, 0.15) is 0 Å². The van der Waals surface area contributed by atoms with Crippen LogP contribution in [0.4, 0.5) is 16.2 Å². The molecule has 0 saturated carbocycles. The summed E-state index contributed by atoms with van der Waals surface area (Å²) in [5, 5.41) is 3.17. The third-order valence-electron chi connectivity index (χ3n) is 2.86. The van der Waals surface area contributed by atoms with Crippen LogP contribution in [0.15, 0.2) is 30.5 Å². The van der Waals surface area contributed by atoms with Gasteiger partial charge in [-0.05, 0) is 24.3 Å². The lowest BCUT2D eigenvalue weighted by molar-refractivity contribution is -0.115. The van der Waals surface area contributed by atoms with Crippen molar-refractivity contribution in [2.75, 3.05) is 17.2 Å². The predicted octanol–water partition coefficient (Wildman–Crippen LogP) is 0.873. The zero-order valence-electron chi connectivity index (χ0n) is 9.38. The molecular weight excluding hydrogens is 232 g/mol. The number of amides is 3. The van der Waals surface area contributed by atoms with E-state index in [1.807, 2.05) is 0 Å². The van der Waals surface area contributed by atoms with Crippen LogP contribution in [0.2, 0.25) is 0 Å². The maximum Gasteiger partial charge on any atom is 0.329 e. The van der Waals surface area contributed by atoms with Crippen molar-refractivity contribution >= 4 is 34.2 Å². The number of imide groups is 1. The smallest absolute Gasteiger partial charge is 0.329 e. The van der Waals surface area contributed by atoms with Crippen LogP contribution in [-0.2, 0) is 4.79 Å². The molecule has 3 rings (SSSR count). The van der Waals surface area contributed by atoms with Crippen molar-refractivity contribution in [3.05, 3.63) is 30.5 Å². The molecule has 0 aliphatic carbocycles. The molecule has 3 amide bonds. The van der Waals surface area contributed by atoms with Crippen LogP contribution < -0.4 is 16.0 Å². The van der Waals surface area contributed by atoms with E-state index in [0.29, 0.717) is 22.3 Å². The maximum absolute atomic E-state index is 11.7. The van der Waals surface area contributed by atoms with Gasteiger partial charge >= 0.3 is 6.03 Å². The average molecular weight is 242 g/mol. The van der Waals surface area contributed by atoms with Crippen molar-refractivity contribution in [2.45, 2.75) is 0 Å². The fourth-order valence-corrected chi connectivity index (χ4v) is 2.04. The molecule has 1 fully saturated rings. The number of benzene rings is 1. The first-order chi connectivity index (χ1) is 8.68. The Bertz CT molecular complexity index is 652. The highest BCUT2D eigenvalue weighted by Crippen LogP contribution is 2.30. The first-order valence-corrected chi connectivity index (χ1v) is 5.42. The van der Waals surface area contributed by atoms with E-state index in [0.717, 1.165) is 4.90 Å². The summed E-state index contributed by atoms with van der Waals surface area (Å²) in [6.45, 7) is 0.0188. The summed E-state index contributed by atoms with van der Waals surface area (Å²) in [6, 6.07) is 6.40. The molecule has 0 unspecified atom stereocenters. The molecule has 1 saturated heterocycles. The van der Waals surface area contributed by atoms with Gasteiger partial charge in [0.05, 0.1) is 23.4 Å². The molecule has 90 valence electrons. The third-order valence-corrected chi connectivity index (χ3v) is 2.86. The van der Waals surface area contributed by atoms with Gasteiger partial charge in [0.15, 0.2) is 0 Å². The molecule has 2 heterocycles. The lowest BCUT2D eigenvalue weighted by Crippen LogP contribution is -2.30. The Labute approximate surface area is 102 Å². The van der Waals surface area contributed by atoms with Gasteiger partial charge in [0, 0.05) is 11.6 Å². The number of nitrogens with two attached hydrogens (primary N) is 1. The number of fused-ring (bicyclic) bond motifs is 1. The summed E-state index contributed by atoms with van der Waals surface area (Å²) in [5.41, 5.74) is 7.43. The first kappa shape index (κ1) is 10.5. The molecule has 1 aromatic carbocycles. The number of anilines is 2. The Kier molecular flexibility index (Phi) is 2.16. The second-order valence-electron chi connectivity index (χ2n) is 3.96. The van der Waals surface area contributed by atoms with Crippen LogP contribution in [0, 0.1) is 0 Å². The average Bonchev–Trinajstić information content (AvgIpc) is 2.71. The second-order valence-corrected chi connectivity index (χ2v) is 3.96. The number of hydrogen-bond donors (Lipinski definition) is 2. The van der Waals surface area contributed by atoms with Gasteiger partial charge in [-0.3, -0.25) is 9.78 Å². The number of hydrogen-bond acceptors (Lipinski definition) is 4. The van der Waals surface area contributed by atoms with Gasteiger partial charge in [0.2, 0.25) is 0 Å². The molecule has 0 radical (unpaired) electrons. The maximum atomic E-state index is 11.7. The lowest BCUT2D eigenvalue weighted by atomic mass is 10.1. The van der Waals surface area contributed by atoms with Crippen LogP contribution in [0.5, 0.6) is 0 Å². The fourth-order valence-electron chi connectivity index (χ4n) is 2.04. The highest BCUT2D eigenvalue weighted by molar-refractivity contribution is 6.23. The van der Waals surface area contributed by atoms with Gasteiger partial charge in [-0.2, -0.15) is 0 Å². The zero-order chi connectivity index (χ0) is 12.7. The molecule has 0 spiro atoms. The Morgan fingerprint density at radius 3 is 2.83 bits per heavy atom. The van der Waals surface area contributed by atoms with Crippen LogP contribution in [-0.4, -0.2) is 23.5 Å². The van der Waals surface area contributed by atoms with E-state index in [-0.39, 0.29) is 12.5 Å². The Morgan fingerprint density at radius 1 is 1.28 bits per heavy atom. The molecule has 0 atom stereocenters. The number of nitrogens with one attached hydrogen (secondary N) is 1. The molecule has 18 heavy (non-hydrogen) atoms. The summed E-state index contributed by atoms with van der Waals surface area (Å²) in [5.74, 6) is -0.282. The number of rotatable bonds is 1. The van der Waals surface area contributed by atoms with Gasteiger partial charge in [-0.25, -0.2) is 9.69 Å². The predicted molar refractivity (Wildman–Crippen MR) is 67.0 cm³/mol. The van der Waals surface area contributed by atoms with E-state index in [1.165, 1.54) is 0 Å². The van der Waals surface area contributed by atoms with Crippen LogP contribution >= 0.6 is 0 Å². The Balaban J connectivity index is 2.27. The minimum absolute atomic E-state index is 0.0188. The van der Waals surface area contributed by atoms with E-state index in [4.69, 9.17) is 5.73 Å². The van der Waals surface area contributed by atoms with E-state index < -0.39 is 6.03 Å². The van der Waals surface area contributed by atoms with Gasteiger partial charge in [-0.1, -0.05) is 0 Å². The van der Waals surface area contributed by atoms with Crippen molar-refractivity contribution in [3.8, 4) is 0 Å². The second kappa shape index (κ2) is 3.69. The van der Waals surface area contributed by atoms with E-state index in [9.17, 15) is 9.59 Å². The standard InChI is InChI=1S/C12H10N4O2/c13-8-3-4-9(7-2-1-5-14-11(7)8)16-10(17)6-15-12(16)18/h1-5H,6,13H2,(H,15,18). The van der Waals surface area contributed by atoms with E-state index in [1.54, 1.807) is 30.5 Å². The Hall–Kier alpha value is -2.63. The van der Waals surface area contributed by atoms with E-state index >= 15 is 0 Å². The minimum Gasteiger partial charge on any atom is -0.397 e. The summed E-state index contributed by atoms with van der Waals surface area (Å²) in [6.07, 6.45) is 1.62. The molecule has 2 aromatic rings. The van der Waals surface area contributed by atoms with Crippen LogP contribution in [0.1, 0.15) is 0 Å².